The highest BCUT2D eigenvalue weighted by atomic mass is 35.5. The summed E-state index contributed by atoms with van der Waals surface area (Å²) in [6.07, 6.45) is 5.90. The van der Waals surface area contributed by atoms with Gasteiger partial charge in [0.05, 0.1) is 0 Å². The fraction of sp³-hybridized carbons (Fsp3) is 0.286. The van der Waals surface area contributed by atoms with Crippen molar-refractivity contribution < 1.29 is 0 Å². The maximum Gasteiger partial charge on any atom is 0.116 e. The van der Waals surface area contributed by atoms with Gasteiger partial charge in [0.25, 0.3) is 0 Å². The summed E-state index contributed by atoms with van der Waals surface area (Å²) in [5.41, 5.74) is 1.26. The molecule has 1 saturated carbocycles. The van der Waals surface area contributed by atoms with Crippen LogP contribution in [0.4, 0.5) is 0 Å². The predicted molar refractivity (Wildman–Crippen MR) is 77.5 cm³/mol. The Labute approximate surface area is 121 Å². The lowest BCUT2D eigenvalue weighted by Crippen LogP contribution is -2.15. The van der Waals surface area contributed by atoms with Crippen LogP contribution in [0.25, 0.3) is 0 Å². The molecule has 0 spiro atoms. The summed E-state index contributed by atoms with van der Waals surface area (Å²) in [6.45, 7) is 0.884. The fourth-order valence-electron chi connectivity index (χ4n) is 1.76. The summed E-state index contributed by atoms with van der Waals surface area (Å²) in [5, 5.41) is 5.22. The monoisotopic (exact) mass is 291 g/mol. The topological polar surface area (TPSA) is 37.8 Å². The largest absolute Gasteiger partial charge is 0.310 e. The van der Waals surface area contributed by atoms with Gasteiger partial charge in [-0.05, 0) is 36.6 Å². The summed E-state index contributed by atoms with van der Waals surface area (Å²) < 4.78 is 0. The normalized spacial score (nSPS) is 14.6. The molecule has 1 heterocycles. The van der Waals surface area contributed by atoms with E-state index in [9.17, 15) is 0 Å². The second-order valence-corrected chi connectivity index (χ2v) is 6.06. The van der Waals surface area contributed by atoms with Crippen molar-refractivity contribution in [1.29, 1.82) is 0 Å². The van der Waals surface area contributed by atoms with Crippen molar-refractivity contribution in [3.05, 3.63) is 47.4 Å². The van der Waals surface area contributed by atoms with Gasteiger partial charge < -0.3 is 5.32 Å². The van der Waals surface area contributed by atoms with Crippen LogP contribution in [0.5, 0.6) is 0 Å². The average molecular weight is 292 g/mol. The van der Waals surface area contributed by atoms with Gasteiger partial charge in [-0.3, -0.25) is 0 Å². The van der Waals surface area contributed by atoms with Crippen LogP contribution >= 0.6 is 23.4 Å². The molecule has 3 rings (SSSR count). The number of hydrogen-bond donors (Lipinski definition) is 1. The van der Waals surface area contributed by atoms with E-state index in [2.05, 4.69) is 21.4 Å². The van der Waals surface area contributed by atoms with Gasteiger partial charge >= 0.3 is 0 Å². The van der Waals surface area contributed by atoms with Gasteiger partial charge in [0, 0.05) is 28.7 Å². The molecule has 5 heteroatoms. The van der Waals surface area contributed by atoms with Crippen LogP contribution in [0.2, 0.25) is 5.02 Å². The quantitative estimate of drug-likeness (QED) is 0.855. The molecule has 1 aliphatic rings. The first-order chi connectivity index (χ1) is 9.31. The van der Waals surface area contributed by atoms with Gasteiger partial charge in [-0.1, -0.05) is 29.4 Å². The van der Waals surface area contributed by atoms with Gasteiger partial charge in [-0.2, -0.15) is 0 Å². The average Bonchev–Trinajstić information content (AvgIpc) is 3.23. The molecule has 0 bridgehead atoms. The Bertz CT molecular complexity index is 558. The molecule has 1 N–H and O–H groups in total. The fourth-order valence-corrected chi connectivity index (χ4v) is 2.91. The number of nitrogens with one attached hydrogen (secondary N) is 1. The molecule has 2 aromatic rings. The van der Waals surface area contributed by atoms with Gasteiger partial charge in [0.2, 0.25) is 0 Å². The van der Waals surface area contributed by atoms with E-state index in [1.165, 1.54) is 18.4 Å². The first-order valence-corrected chi connectivity index (χ1v) is 7.46. The molecule has 19 heavy (non-hydrogen) atoms. The van der Waals surface area contributed by atoms with Crippen molar-refractivity contribution in [3.63, 3.8) is 0 Å². The Balaban J connectivity index is 1.78. The molecule has 1 aromatic carbocycles. The molecule has 1 aliphatic carbocycles. The maximum absolute atomic E-state index is 6.09. The van der Waals surface area contributed by atoms with Crippen molar-refractivity contribution in [2.75, 3.05) is 0 Å². The van der Waals surface area contributed by atoms with E-state index in [1.807, 2.05) is 18.2 Å². The minimum absolute atomic E-state index is 0.701. The number of hydrogen-bond acceptors (Lipinski definition) is 4. The first-order valence-electron chi connectivity index (χ1n) is 6.27. The number of rotatable bonds is 5. The Morgan fingerprint density at radius 1 is 1.32 bits per heavy atom. The van der Waals surface area contributed by atoms with Crippen LogP contribution in [0.1, 0.15) is 18.4 Å². The SMILES string of the molecule is Clc1ccc(CNC2CC2)c(Sc2ccncn2)c1. The summed E-state index contributed by atoms with van der Waals surface area (Å²) in [6, 6.07) is 8.63. The highest BCUT2D eigenvalue weighted by molar-refractivity contribution is 7.99. The highest BCUT2D eigenvalue weighted by Crippen LogP contribution is 2.31. The number of halogens is 1. The van der Waals surface area contributed by atoms with Crippen LogP contribution in [0.15, 0.2) is 46.7 Å². The number of nitrogens with zero attached hydrogens (tertiary/aromatic N) is 2. The van der Waals surface area contributed by atoms with E-state index < -0.39 is 0 Å². The first kappa shape index (κ1) is 12.9. The Kier molecular flexibility index (Phi) is 4.01. The molecule has 0 atom stereocenters. The molecule has 1 aromatic heterocycles. The molecule has 0 amide bonds. The molecular weight excluding hydrogens is 278 g/mol. The minimum Gasteiger partial charge on any atom is -0.310 e. The molecule has 1 fully saturated rings. The summed E-state index contributed by atoms with van der Waals surface area (Å²) in [5.74, 6) is 0. The van der Waals surface area contributed by atoms with E-state index in [-0.39, 0.29) is 0 Å². The van der Waals surface area contributed by atoms with Crippen LogP contribution in [0, 0.1) is 0 Å². The third-order valence-electron chi connectivity index (χ3n) is 2.96. The van der Waals surface area contributed by atoms with Gasteiger partial charge in [-0.25, -0.2) is 9.97 Å². The summed E-state index contributed by atoms with van der Waals surface area (Å²) in [4.78, 5) is 9.32. The molecular formula is C14H14ClN3S. The van der Waals surface area contributed by atoms with Crippen molar-refractivity contribution in [2.24, 2.45) is 0 Å². The maximum atomic E-state index is 6.09. The second kappa shape index (κ2) is 5.90. The molecule has 0 radical (unpaired) electrons. The van der Waals surface area contributed by atoms with E-state index in [0.717, 1.165) is 21.5 Å². The summed E-state index contributed by atoms with van der Waals surface area (Å²) in [7, 11) is 0. The molecule has 3 nitrogen and oxygen atoms in total. The Morgan fingerprint density at radius 2 is 2.21 bits per heavy atom. The zero-order chi connectivity index (χ0) is 13.1. The second-order valence-electron chi connectivity index (χ2n) is 4.56. The smallest absolute Gasteiger partial charge is 0.116 e. The highest BCUT2D eigenvalue weighted by Gasteiger charge is 2.20. The van der Waals surface area contributed by atoms with Crippen LogP contribution in [-0.2, 0) is 6.54 Å². The lowest BCUT2D eigenvalue weighted by molar-refractivity contribution is 0.680. The lowest BCUT2D eigenvalue weighted by atomic mass is 10.2. The van der Waals surface area contributed by atoms with Crippen LogP contribution < -0.4 is 5.32 Å². The Hall–Kier alpha value is -1.10. The van der Waals surface area contributed by atoms with E-state index >= 15 is 0 Å². The molecule has 98 valence electrons. The van der Waals surface area contributed by atoms with Crippen molar-refractivity contribution in [2.45, 2.75) is 35.3 Å². The molecule has 0 unspecified atom stereocenters. The van der Waals surface area contributed by atoms with Crippen LogP contribution in [0.3, 0.4) is 0 Å². The molecule has 0 saturated heterocycles. The van der Waals surface area contributed by atoms with Crippen LogP contribution in [-0.4, -0.2) is 16.0 Å². The van der Waals surface area contributed by atoms with Crippen molar-refractivity contribution in [1.82, 2.24) is 15.3 Å². The standard InChI is InChI=1S/C14H14ClN3S/c15-11-2-1-10(8-17-12-3-4-12)13(7-11)19-14-5-6-16-9-18-14/h1-2,5-7,9,12,17H,3-4,8H2. The van der Waals surface area contributed by atoms with Gasteiger partial charge in [0.15, 0.2) is 0 Å². The van der Waals surface area contributed by atoms with Gasteiger partial charge in [-0.15, -0.1) is 0 Å². The zero-order valence-electron chi connectivity index (χ0n) is 10.3. The van der Waals surface area contributed by atoms with E-state index in [4.69, 9.17) is 11.6 Å². The van der Waals surface area contributed by atoms with E-state index in [1.54, 1.807) is 24.3 Å². The zero-order valence-corrected chi connectivity index (χ0v) is 11.9. The number of aromatic nitrogens is 2. The third kappa shape index (κ3) is 3.69. The van der Waals surface area contributed by atoms with Crippen molar-refractivity contribution >= 4 is 23.4 Å². The van der Waals surface area contributed by atoms with Gasteiger partial charge in [0.1, 0.15) is 11.4 Å². The summed E-state index contributed by atoms with van der Waals surface area (Å²) >= 11 is 7.72. The number of benzene rings is 1. The van der Waals surface area contributed by atoms with E-state index in [0.29, 0.717) is 6.04 Å². The third-order valence-corrected chi connectivity index (χ3v) is 4.24. The minimum atomic E-state index is 0.701. The lowest BCUT2D eigenvalue weighted by Gasteiger charge is -2.10. The predicted octanol–water partition coefficient (Wildman–Crippen LogP) is 3.53. The molecule has 0 aliphatic heterocycles. The Morgan fingerprint density at radius 3 is 2.95 bits per heavy atom. The van der Waals surface area contributed by atoms with Crippen molar-refractivity contribution in [3.8, 4) is 0 Å².